The van der Waals surface area contributed by atoms with Crippen LogP contribution in [0.4, 0.5) is 9.80 Å². The van der Waals surface area contributed by atoms with Gasteiger partial charge in [0.25, 0.3) is 0 Å². The molecule has 5 nitrogen and oxygen atoms in total. The van der Waals surface area contributed by atoms with Crippen LogP contribution in [-0.2, 0) is 37.0 Å². The van der Waals surface area contributed by atoms with Crippen LogP contribution in [0.3, 0.4) is 0 Å². The number of carbonyl (C=O) groups is 1. The number of hydrogen-bond donors (Lipinski definition) is 2. The Hall–Kier alpha value is -2.51. The van der Waals surface area contributed by atoms with Crippen molar-refractivity contribution >= 4 is 39.5 Å². The summed E-state index contributed by atoms with van der Waals surface area (Å²) in [6, 6.07) is 3.92. The van der Waals surface area contributed by atoms with E-state index in [1.807, 2.05) is 30.4 Å². The number of urea groups is 1. The Morgan fingerprint density at radius 3 is 2.58 bits per heavy atom. The molecule has 36 heavy (non-hydrogen) atoms. The number of rotatable bonds is 11. The van der Waals surface area contributed by atoms with Crippen LogP contribution in [-0.4, -0.2) is 17.2 Å². The second-order valence-corrected chi connectivity index (χ2v) is 11.9. The van der Waals surface area contributed by atoms with Gasteiger partial charge in [0.2, 0.25) is 0 Å². The van der Waals surface area contributed by atoms with Gasteiger partial charge in [0, 0.05) is 34.3 Å². The standard InChI is InChI=1S/C29H39N3O2S2/c1-6-24-21(15-14-19(3)4)23(28(36-24)32-16-10-11-17-32)18-30-29(33)31-27-26(20(5)34-7-2)22-12-8-9-13-25(22)35-27/h10-11,16-17,19H,5-9,12-15,18H2,1-4H3,(H2,30,31,33). The summed E-state index contributed by atoms with van der Waals surface area (Å²) < 4.78 is 7.95. The molecule has 0 saturated heterocycles. The van der Waals surface area contributed by atoms with Gasteiger partial charge in [-0.25, -0.2) is 4.79 Å². The minimum atomic E-state index is -0.184. The lowest BCUT2D eigenvalue weighted by atomic mass is 9.95. The Morgan fingerprint density at radius 2 is 1.89 bits per heavy atom. The number of hydrogen-bond acceptors (Lipinski definition) is 4. The van der Waals surface area contributed by atoms with Crippen LogP contribution >= 0.6 is 22.7 Å². The molecule has 0 atom stereocenters. The van der Waals surface area contributed by atoms with Crippen molar-refractivity contribution in [2.75, 3.05) is 11.9 Å². The number of aromatic nitrogens is 1. The first-order chi connectivity index (χ1) is 17.4. The molecule has 3 aromatic rings. The SMILES string of the molecule is C=C(OCC)c1c(NC(=O)NCc2c(-n3cccc3)sc(CC)c2CCC(C)C)sc2c1CCCC2. The Labute approximate surface area is 223 Å². The maximum absolute atomic E-state index is 13.2. The van der Waals surface area contributed by atoms with Crippen molar-refractivity contribution < 1.29 is 9.53 Å². The van der Waals surface area contributed by atoms with E-state index in [2.05, 4.69) is 54.9 Å². The highest BCUT2D eigenvalue weighted by Crippen LogP contribution is 2.41. The van der Waals surface area contributed by atoms with Crippen molar-refractivity contribution in [1.82, 2.24) is 9.88 Å². The van der Waals surface area contributed by atoms with Gasteiger partial charge in [0.15, 0.2) is 0 Å². The summed E-state index contributed by atoms with van der Waals surface area (Å²) >= 11 is 3.52. The molecule has 0 aliphatic heterocycles. The molecule has 1 aliphatic carbocycles. The number of carbonyl (C=O) groups excluding carboxylic acids is 1. The molecule has 2 N–H and O–H groups in total. The molecule has 3 aromatic heterocycles. The van der Waals surface area contributed by atoms with Crippen LogP contribution < -0.4 is 10.6 Å². The van der Waals surface area contributed by atoms with Crippen LogP contribution in [0.15, 0.2) is 31.1 Å². The molecule has 0 saturated carbocycles. The van der Waals surface area contributed by atoms with Crippen LogP contribution in [0.2, 0.25) is 0 Å². The van der Waals surface area contributed by atoms with Crippen molar-refractivity contribution in [3.63, 3.8) is 0 Å². The third-order valence-electron chi connectivity index (χ3n) is 6.73. The van der Waals surface area contributed by atoms with Gasteiger partial charge in [-0.1, -0.05) is 27.4 Å². The fourth-order valence-electron chi connectivity index (χ4n) is 4.92. The van der Waals surface area contributed by atoms with Gasteiger partial charge in [0.05, 0.1) is 12.2 Å². The molecule has 0 aromatic carbocycles. The summed E-state index contributed by atoms with van der Waals surface area (Å²) in [6.45, 7) is 14.0. The Bertz CT molecular complexity index is 1190. The summed E-state index contributed by atoms with van der Waals surface area (Å²) in [5, 5.41) is 8.37. The third kappa shape index (κ3) is 5.89. The fraction of sp³-hybridized carbons (Fsp3) is 0.483. The smallest absolute Gasteiger partial charge is 0.320 e. The summed E-state index contributed by atoms with van der Waals surface area (Å²) in [5.74, 6) is 1.29. The molecule has 1 aliphatic rings. The fourth-order valence-corrected chi connectivity index (χ4v) is 7.49. The van der Waals surface area contributed by atoms with E-state index in [1.165, 1.54) is 44.3 Å². The number of amides is 2. The zero-order chi connectivity index (χ0) is 25.7. The number of fused-ring (bicyclic) bond motifs is 1. The first-order valence-electron chi connectivity index (χ1n) is 13.2. The first-order valence-corrected chi connectivity index (χ1v) is 14.8. The van der Waals surface area contributed by atoms with Crippen molar-refractivity contribution in [1.29, 1.82) is 0 Å². The number of aryl methyl sites for hydroxylation is 2. The predicted octanol–water partition coefficient (Wildman–Crippen LogP) is 7.96. The van der Waals surface area contributed by atoms with E-state index in [1.54, 1.807) is 11.3 Å². The van der Waals surface area contributed by atoms with Gasteiger partial charge < -0.3 is 14.6 Å². The van der Waals surface area contributed by atoms with E-state index >= 15 is 0 Å². The summed E-state index contributed by atoms with van der Waals surface area (Å²) in [4.78, 5) is 16.0. The van der Waals surface area contributed by atoms with E-state index in [9.17, 15) is 4.79 Å². The lowest BCUT2D eigenvalue weighted by Crippen LogP contribution is -2.29. The second-order valence-electron chi connectivity index (χ2n) is 9.74. The van der Waals surface area contributed by atoms with E-state index in [4.69, 9.17) is 4.74 Å². The monoisotopic (exact) mass is 525 g/mol. The minimum absolute atomic E-state index is 0.184. The largest absolute Gasteiger partial charge is 0.494 e. The van der Waals surface area contributed by atoms with Crippen molar-refractivity contribution in [2.45, 2.75) is 79.2 Å². The molecular formula is C29H39N3O2S2. The van der Waals surface area contributed by atoms with Crippen LogP contribution in [0.1, 0.15) is 79.0 Å². The van der Waals surface area contributed by atoms with Gasteiger partial charge >= 0.3 is 6.03 Å². The van der Waals surface area contributed by atoms with Crippen LogP contribution in [0.25, 0.3) is 10.8 Å². The molecule has 0 unspecified atom stereocenters. The molecule has 4 rings (SSSR count). The van der Waals surface area contributed by atoms with Gasteiger partial charge in [-0.15, -0.1) is 22.7 Å². The average molecular weight is 526 g/mol. The number of nitrogens with one attached hydrogen (secondary N) is 2. The topological polar surface area (TPSA) is 55.3 Å². The summed E-state index contributed by atoms with van der Waals surface area (Å²) in [6.07, 6.45) is 11.8. The Morgan fingerprint density at radius 1 is 1.14 bits per heavy atom. The number of anilines is 1. The molecule has 0 spiro atoms. The van der Waals surface area contributed by atoms with Gasteiger partial charge in [-0.2, -0.15) is 0 Å². The maximum Gasteiger partial charge on any atom is 0.320 e. The molecule has 194 valence electrons. The van der Waals surface area contributed by atoms with Crippen molar-refractivity contribution in [3.8, 4) is 5.00 Å². The second kappa shape index (κ2) is 12.2. The summed E-state index contributed by atoms with van der Waals surface area (Å²) in [7, 11) is 0. The van der Waals surface area contributed by atoms with Gasteiger partial charge in [0.1, 0.15) is 15.8 Å². The molecule has 2 amide bonds. The quantitative estimate of drug-likeness (QED) is 0.250. The Kier molecular flexibility index (Phi) is 8.96. The number of ether oxygens (including phenoxy) is 1. The molecule has 0 radical (unpaired) electrons. The highest BCUT2D eigenvalue weighted by Gasteiger charge is 2.25. The number of nitrogens with zero attached hydrogens (tertiary/aromatic N) is 1. The van der Waals surface area contributed by atoms with E-state index < -0.39 is 0 Å². The molecule has 3 heterocycles. The van der Waals surface area contributed by atoms with E-state index in [-0.39, 0.29) is 6.03 Å². The third-order valence-corrected chi connectivity index (χ3v) is 9.37. The van der Waals surface area contributed by atoms with Crippen LogP contribution in [0, 0.1) is 5.92 Å². The zero-order valence-corrected chi connectivity index (χ0v) is 23.7. The molecule has 0 fully saturated rings. The molecular weight excluding hydrogens is 486 g/mol. The van der Waals surface area contributed by atoms with E-state index in [0.29, 0.717) is 24.8 Å². The maximum atomic E-state index is 13.2. The minimum Gasteiger partial charge on any atom is -0.494 e. The lowest BCUT2D eigenvalue weighted by molar-refractivity contribution is 0.252. The highest BCUT2D eigenvalue weighted by atomic mass is 32.1. The predicted molar refractivity (Wildman–Crippen MR) is 154 cm³/mol. The first kappa shape index (κ1) is 26.6. The normalized spacial score (nSPS) is 13.0. The van der Waals surface area contributed by atoms with Crippen molar-refractivity contribution in [2.24, 2.45) is 5.92 Å². The van der Waals surface area contributed by atoms with E-state index in [0.717, 1.165) is 42.7 Å². The zero-order valence-electron chi connectivity index (χ0n) is 22.0. The summed E-state index contributed by atoms with van der Waals surface area (Å²) in [5.41, 5.74) is 4.92. The molecule has 0 bridgehead atoms. The Balaban J connectivity index is 1.56. The lowest BCUT2D eigenvalue weighted by Gasteiger charge is -2.15. The average Bonchev–Trinajstić information content (AvgIpc) is 3.58. The number of thiophene rings is 2. The van der Waals surface area contributed by atoms with Crippen molar-refractivity contribution in [3.05, 3.63) is 63.1 Å². The van der Waals surface area contributed by atoms with Crippen LogP contribution in [0.5, 0.6) is 0 Å². The highest BCUT2D eigenvalue weighted by molar-refractivity contribution is 7.16. The van der Waals surface area contributed by atoms with Gasteiger partial charge in [-0.05, 0) is 81.0 Å². The molecule has 7 heteroatoms. The van der Waals surface area contributed by atoms with Gasteiger partial charge in [-0.3, -0.25) is 5.32 Å².